The van der Waals surface area contributed by atoms with Crippen LogP contribution in [0.1, 0.15) is 10.7 Å². The molecule has 1 atom stereocenters. The van der Waals surface area contributed by atoms with Crippen molar-refractivity contribution in [3.63, 3.8) is 0 Å². The molecule has 3 nitrogen and oxygen atoms in total. The zero-order chi connectivity index (χ0) is 11.5. The Morgan fingerprint density at radius 1 is 1.27 bits per heavy atom. The molecule has 0 saturated carbocycles. The molecule has 0 N–H and O–H groups in total. The van der Waals surface area contributed by atoms with Crippen LogP contribution in [-0.4, -0.2) is 14.2 Å². The molecule has 0 aliphatic heterocycles. The zero-order valence-corrected chi connectivity index (χ0v) is 11.6. The van der Waals surface area contributed by atoms with Crippen LogP contribution in [0.2, 0.25) is 0 Å². The standard InChI is InChI=1S/C9H11BrClO3P/c1-13-15(12,14-2)9(11)7-3-5-8(10)6-4-7/h3-6,9H,1-2H3. The van der Waals surface area contributed by atoms with Gasteiger partial charge in [-0.3, -0.25) is 4.57 Å². The van der Waals surface area contributed by atoms with Gasteiger partial charge in [0.25, 0.3) is 0 Å². The summed E-state index contributed by atoms with van der Waals surface area (Å²) in [6, 6.07) is 7.18. The molecule has 0 aromatic heterocycles. The largest absolute Gasteiger partial charge is 0.352 e. The Balaban J connectivity index is 2.98. The normalized spacial score (nSPS) is 13.9. The summed E-state index contributed by atoms with van der Waals surface area (Å²) in [5.41, 5.74) is 0.701. The van der Waals surface area contributed by atoms with Gasteiger partial charge in [0.05, 0.1) is 0 Å². The number of hydrogen-bond donors (Lipinski definition) is 0. The van der Waals surface area contributed by atoms with Gasteiger partial charge in [-0.1, -0.05) is 28.1 Å². The molecule has 0 bridgehead atoms. The van der Waals surface area contributed by atoms with Crippen molar-refractivity contribution in [1.29, 1.82) is 0 Å². The molecule has 1 rings (SSSR count). The number of halogens is 2. The second-order valence-electron chi connectivity index (χ2n) is 2.79. The summed E-state index contributed by atoms with van der Waals surface area (Å²) in [5.74, 6) is 0. The van der Waals surface area contributed by atoms with Crippen LogP contribution in [0.25, 0.3) is 0 Å². The van der Waals surface area contributed by atoms with E-state index >= 15 is 0 Å². The van der Waals surface area contributed by atoms with Gasteiger partial charge in [0.1, 0.15) is 0 Å². The maximum absolute atomic E-state index is 11.9. The van der Waals surface area contributed by atoms with Crippen molar-refractivity contribution in [3.8, 4) is 0 Å². The Labute approximate surface area is 102 Å². The number of hydrogen-bond acceptors (Lipinski definition) is 3. The van der Waals surface area contributed by atoms with Crippen molar-refractivity contribution in [2.45, 2.75) is 5.12 Å². The van der Waals surface area contributed by atoms with Gasteiger partial charge in [-0.2, -0.15) is 0 Å². The van der Waals surface area contributed by atoms with E-state index in [-0.39, 0.29) is 0 Å². The van der Waals surface area contributed by atoms with E-state index in [1.54, 1.807) is 12.1 Å². The highest BCUT2D eigenvalue weighted by atomic mass is 79.9. The first kappa shape index (κ1) is 13.2. The summed E-state index contributed by atoms with van der Waals surface area (Å²) in [4.78, 5) is 0. The third-order valence-corrected chi connectivity index (χ3v) is 5.30. The van der Waals surface area contributed by atoms with Crippen LogP contribution < -0.4 is 0 Å². The summed E-state index contributed by atoms with van der Waals surface area (Å²) in [6.07, 6.45) is 0. The van der Waals surface area contributed by atoms with Gasteiger partial charge in [0.15, 0.2) is 5.12 Å². The maximum atomic E-state index is 11.9. The maximum Gasteiger partial charge on any atom is 0.352 e. The minimum absolute atomic E-state index is 0.701. The summed E-state index contributed by atoms with van der Waals surface area (Å²) in [5, 5.41) is -0.791. The van der Waals surface area contributed by atoms with Crippen LogP contribution in [0.3, 0.4) is 0 Å². The van der Waals surface area contributed by atoms with Crippen LogP contribution >= 0.6 is 35.1 Å². The summed E-state index contributed by atoms with van der Waals surface area (Å²) in [7, 11) is -0.623. The first-order chi connectivity index (χ1) is 7.03. The Kier molecular flexibility index (Phi) is 4.81. The molecule has 0 fully saturated rings. The number of rotatable bonds is 4. The number of benzene rings is 1. The first-order valence-corrected chi connectivity index (χ1v) is 6.98. The van der Waals surface area contributed by atoms with Gasteiger partial charge >= 0.3 is 7.60 Å². The summed E-state index contributed by atoms with van der Waals surface area (Å²) in [6.45, 7) is 0. The Morgan fingerprint density at radius 3 is 2.13 bits per heavy atom. The lowest BCUT2D eigenvalue weighted by Crippen LogP contribution is -1.97. The van der Waals surface area contributed by atoms with Crippen molar-refractivity contribution >= 4 is 35.1 Å². The zero-order valence-electron chi connectivity index (χ0n) is 8.31. The number of alkyl halides is 1. The van der Waals surface area contributed by atoms with E-state index in [0.717, 1.165) is 4.47 Å². The molecule has 1 unspecified atom stereocenters. The molecular weight excluding hydrogens is 302 g/mol. The van der Waals surface area contributed by atoms with E-state index in [0.29, 0.717) is 5.56 Å². The molecular formula is C9H11BrClO3P. The fraction of sp³-hybridized carbons (Fsp3) is 0.333. The molecule has 0 radical (unpaired) electrons. The Morgan fingerprint density at radius 2 is 1.73 bits per heavy atom. The smallest absolute Gasteiger partial charge is 0.311 e. The lowest BCUT2D eigenvalue weighted by Gasteiger charge is -2.19. The van der Waals surface area contributed by atoms with E-state index < -0.39 is 12.7 Å². The molecule has 15 heavy (non-hydrogen) atoms. The van der Waals surface area contributed by atoms with Crippen molar-refractivity contribution in [1.82, 2.24) is 0 Å². The minimum atomic E-state index is -3.26. The van der Waals surface area contributed by atoms with Crippen LogP contribution in [0, 0.1) is 0 Å². The van der Waals surface area contributed by atoms with Crippen LogP contribution in [0.15, 0.2) is 28.7 Å². The molecule has 0 aliphatic carbocycles. The van der Waals surface area contributed by atoms with Crippen molar-refractivity contribution in [2.75, 3.05) is 14.2 Å². The van der Waals surface area contributed by atoms with E-state index in [1.165, 1.54) is 14.2 Å². The SMILES string of the molecule is COP(=O)(OC)C(Cl)c1ccc(Br)cc1. The molecule has 1 aromatic carbocycles. The first-order valence-electron chi connectivity index (χ1n) is 4.14. The second kappa shape index (κ2) is 5.46. The predicted octanol–water partition coefficient (Wildman–Crippen LogP) is 4.17. The fourth-order valence-corrected chi connectivity index (χ4v) is 3.01. The predicted molar refractivity (Wildman–Crippen MR) is 64.4 cm³/mol. The van der Waals surface area contributed by atoms with Gasteiger partial charge in [-0.15, -0.1) is 11.6 Å². The third kappa shape index (κ3) is 3.05. The summed E-state index contributed by atoms with van der Waals surface area (Å²) >= 11 is 9.34. The average molecular weight is 314 g/mol. The Hall–Kier alpha value is 0.140. The van der Waals surface area contributed by atoms with E-state index in [9.17, 15) is 4.57 Å². The summed E-state index contributed by atoms with van der Waals surface area (Å²) < 4.78 is 22.5. The molecule has 84 valence electrons. The molecule has 0 spiro atoms. The van der Waals surface area contributed by atoms with E-state index in [1.807, 2.05) is 12.1 Å². The van der Waals surface area contributed by atoms with Crippen molar-refractivity contribution in [2.24, 2.45) is 0 Å². The highest BCUT2D eigenvalue weighted by Gasteiger charge is 2.33. The topological polar surface area (TPSA) is 35.5 Å². The van der Waals surface area contributed by atoms with E-state index in [2.05, 4.69) is 15.9 Å². The third-order valence-electron chi connectivity index (χ3n) is 1.93. The van der Waals surface area contributed by atoms with Gasteiger partial charge < -0.3 is 9.05 Å². The fourth-order valence-electron chi connectivity index (χ4n) is 1.06. The van der Waals surface area contributed by atoms with Gasteiger partial charge in [0, 0.05) is 18.7 Å². The molecule has 1 aromatic rings. The van der Waals surface area contributed by atoms with E-state index in [4.69, 9.17) is 20.6 Å². The Bertz CT molecular complexity index is 360. The van der Waals surface area contributed by atoms with Crippen molar-refractivity contribution in [3.05, 3.63) is 34.3 Å². The highest BCUT2D eigenvalue weighted by molar-refractivity contribution is 9.10. The molecule has 0 heterocycles. The monoisotopic (exact) mass is 312 g/mol. The van der Waals surface area contributed by atoms with Gasteiger partial charge in [0.2, 0.25) is 0 Å². The average Bonchev–Trinajstić information content (AvgIpc) is 2.28. The second-order valence-corrected chi connectivity index (χ2v) is 6.78. The van der Waals surface area contributed by atoms with Crippen LogP contribution in [0.4, 0.5) is 0 Å². The van der Waals surface area contributed by atoms with Crippen molar-refractivity contribution < 1.29 is 13.6 Å². The molecule has 0 amide bonds. The van der Waals surface area contributed by atoms with Crippen LogP contribution in [-0.2, 0) is 13.6 Å². The minimum Gasteiger partial charge on any atom is -0.311 e. The highest BCUT2D eigenvalue weighted by Crippen LogP contribution is 2.61. The van der Waals surface area contributed by atoms with Gasteiger partial charge in [-0.25, -0.2) is 0 Å². The molecule has 6 heteroatoms. The molecule has 0 saturated heterocycles. The van der Waals surface area contributed by atoms with Crippen LogP contribution in [0.5, 0.6) is 0 Å². The quantitative estimate of drug-likeness (QED) is 0.618. The lowest BCUT2D eigenvalue weighted by molar-refractivity contribution is 0.273. The molecule has 0 aliphatic rings. The lowest BCUT2D eigenvalue weighted by atomic mass is 10.2. The van der Waals surface area contributed by atoms with Gasteiger partial charge in [-0.05, 0) is 17.7 Å².